The quantitative estimate of drug-likeness (QED) is 0.796. The van der Waals surface area contributed by atoms with Gasteiger partial charge in [0.2, 0.25) is 9.84 Å². The van der Waals surface area contributed by atoms with Gasteiger partial charge < -0.3 is 4.74 Å². The van der Waals surface area contributed by atoms with Gasteiger partial charge in [-0.1, -0.05) is 0 Å². The summed E-state index contributed by atoms with van der Waals surface area (Å²) in [6.45, 7) is 2.18. The lowest BCUT2D eigenvalue weighted by Crippen LogP contribution is -2.41. The van der Waals surface area contributed by atoms with Gasteiger partial charge in [0.15, 0.2) is 9.77 Å². The maximum Gasteiger partial charge on any atom is 0.417 e. The van der Waals surface area contributed by atoms with Crippen molar-refractivity contribution in [2.45, 2.75) is 29.8 Å². The van der Waals surface area contributed by atoms with Gasteiger partial charge in [0.1, 0.15) is 0 Å². The third-order valence-corrected chi connectivity index (χ3v) is 4.99. The topological polar surface area (TPSA) is 73.3 Å². The summed E-state index contributed by atoms with van der Waals surface area (Å²) in [5, 5.41) is -0.624. The Bertz CT molecular complexity index is 606. The van der Waals surface area contributed by atoms with Gasteiger partial charge in [-0.05, 0) is 26.0 Å². The lowest BCUT2D eigenvalue weighted by atomic mass is 10.2. The zero-order valence-corrected chi connectivity index (χ0v) is 11.7. The molecule has 0 aliphatic carbocycles. The van der Waals surface area contributed by atoms with E-state index in [0.717, 1.165) is 21.0 Å². The standard InChI is InChI=1S/C11H12F3NO4S/c1-10(2,9(16)19-3)20(17,18)8-5-4-7(6-15-8)11(12,13)14/h4-6H,1-3H3. The van der Waals surface area contributed by atoms with Crippen LogP contribution in [0.4, 0.5) is 13.2 Å². The van der Waals surface area contributed by atoms with Crippen LogP contribution in [0.15, 0.2) is 23.4 Å². The first-order valence-corrected chi connectivity index (χ1v) is 6.79. The molecule has 0 aliphatic heterocycles. The molecule has 1 heterocycles. The van der Waals surface area contributed by atoms with Crippen molar-refractivity contribution in [3.8, 4) is 0 Å². The normalized spacial score (nSPS) is 13.1. The highest BCUT2D eigenvalue weighted by Crippen LogP contribution is 2.30. The minimum Gasteiger partial charge on any atom is -0.468 e. The molecule has 0 unspecified atom stereocenters. The van der Waals surface area contributed by atoms with Crippen LogP contribution in [0.25, 0.3) is 0 Å². The number of carbonyl (C=O) groups excluding carboxylic acids is 1. The average Bonchev–Trinajstić information content (AvgIpc) is 2.36. The molecule has 0 aromatic carbocycles. The molecule has 1 rings (SSSR count). The van der Waals surface area contributed by atoms with Crippen LogP contribution < -0.4 is 0 Å². The Morgan fingerprint density at radius 3 is 2.15 bits per heavy atom. The van der Waals surface area contributed by atoms with Gasteiger partial charge in [0, 0.05) is 6.20 Å². The molecule has 112 valence electrons. The number of sulfone groups is 1. The SMILES string of the molecule is COC(=O)C(C)(C)S(=O)(=O)c1ccc(C(F)(F)F)cn1. The lowest BCUT2D eigenvalue weighted by Gasteiger charge is -2.21. The summed E-state index contributed by atoms with van der Waals surface area (Å²) < 4.78 is 63.9. The van der Waals surface area contributed by atoms with Crippen molar-refractivity contribution in [3.63, 3.8) is 0 Å². The van der Waals surface area contributed by atoms with E-state index < -0.39 is 37.3 Å². The highest BCUT2D eigenvalue weighted by molar-refractivity contribution is 7.93. The van der Waals surface area contributed by atoms with Crippen molar-refractivity contribution in [1.82, 2.24) is 4.98 Å². The molecule has 0 saturated carbocycles. The number of aromatic nitrogens is 1. The molecule has 0 saturated heterocycles. The Morgan fingerprint density at radius 2 is 1.80 bits per heavy atom. The molecular weight excluding hydrogens is 299 g/mol. The summed E-state index contributed by atoms with van der Waals surface area (Å²) >= 11 is 0. The van der Waals surface area contributed by atoms with E-state index in [-0.39, 0.29) is 0 Å². The molecule has 0 aliphatic rings. The molecule has 9 heteroatoms. The molecule has 5 nitrogen and oxygen atoms in total. The van der Waals surface area contributed by atoms with Gasteiger partial charge in [0.25, 0.3) is 0 Å². The number of ether oxygens (including phenoxy) is 1. The summed E-state index contributed by atoms with van der Waals surface area (Å²) in [6, 6.07) is 1.30. The predicted octanol–water partition coefficient (Wildman–Crippen LogP) is 1.83. The first-order valence-electron chi connectivity index (χ1n) is 5.31. The van der Waals surface area contributed by atoms with Gasteiger partial charge in [-0.2, -0.15) is 13.2 Å². The fourth-order valence-electron chi connectivity index (χ4n) is 1.32. The molecule has 0 radical (unpaired) electrons. The maximum absolute atomic E-state index is 12.4. The minimum atomic E-state index is -4.62. The molecule has 0 spiro atoms. The fourth-order valence-corrected chi connectivity index (χ4v) is 2.59. The van der Waals surface area contributed by atoms with E-state index in [4.69, 9.17) is 0 Å². The zero-order chi connectivity index (χ0) is 15.8. The maximum atomic E-state index is 12.4. The van der Waals surface area contributed by atoms with Gasteiger partial charge in [0.05, 0.1) is 12.7 Å². The average molecular weight is 311 g/mol. The van der Waals surface area contributed by atoms with E-state index in [1.165, 1.54) is 0 Å². The number of alkyl halides is 3. The summed E-state index contributed by atoms with van der Waals surface area (Å²) in [7, 11) is -3.25. The first kappa shape index (κ1) is 16.4. The van der Waals surface area contributed by atoms with E-state index >= 15 is 0 Å². The molecule has 0 amide bonds. The number of methoxy groups -OCH3 is 1. The molecular formula is C11H12F3NO4S. The van der Waals surface area contributed by atoms with Gasteiger partial charge in [-0.15, -0.1) is 0 Å². The lowest BCUT2D eigenvalue weighted by molar-refractivity contribution is -0.142. The molecule has 0 N–H and O–H groups in total. The number of esters is 1. The van der Waals surface area contributed by atoms with Crippen molar-refractivity contribution in [1.29, 1.82) is 0 Å². The molecule has 1 aromatic rings. The Morgan fingerprint density at radius 1 is 1.25 bits per heavy atom. The molecule has 20 heavy (non-hydrogen) atoms. The summed E-state index contributed by atoms with van der Waals surface area (Å²) in [6.07, 6.45) is -4.21. The third kappa shape index (κ3) is 2.77. The Labute approximate surface area is 113 Å². The number of halogens is 3. The largest absolute Gasteiger partial charge is 0.468 e. The first-order chi connectivity index (χ1) is 8.94. The van der Waals surface area contributed by atoms with Gasteiger partial charge in [-0.25, -0.2) is 13.4 Å². The van der Waals surface area contributed by atoms with Crippen LogP contribution in [-0.4, -0.2) is 31.2 Å². The number of rotatable bonds is 3. The minimum absolute atomic E-state index is 0.403. The fraction of sp³-hybridized carbons (Fsp3) is 0.455. The van der Waals surface area contributed by atoms with Crippen LogP contribution in [0, 0.1) is 0 Å². The summed E-state index contributed by atoms with van der Waals surface area (Å²) in [5.41, 5.74) is -1.08. The van der Waals surface area contributed by atoms with Crippen molar-refractivity contribution in [3.05, 3.63) is 23.9 Å². The van der Waals surface area contributed by atoms with Crippen molar-refractivity contribution < 1.29 is 31.1 Å². The van der Waals surface area contributed by atoms with Crippen LogP contribution in [-0.2, 0) is 25.5 Å². The van der Waals surface area contributed by atoms with Crippen molar-refractivity contribution >= 4 is 15.8 Å². The highest BCUT2D eigenvalue weighted by Gasteiger charge is 2.45. The van der Waals surface area contributed by atoms with Crippen LogP contribution >= 0.6 is 0 Å². The summed E-state index contributed by atoms with van der Waals surface area (Å²) in [4.78, 5) is 14.8. The van der Waals surface area contributed by atoms with Crippen LogP contribution in [0.3, 0.4) is 0 Å². The highest BCUT2D eigenvalue weighted by atomic mass is 32.2. The molecule has 0 atom stereocenters. The van der Waals surface area contributed by atoms with Crippen molar-refractivity contribution in [2.24, 2.45) is 0 Å². The second kappa shape index (κ2) is 5.04. The van der Waals surface area contributed by atoms with Crippen LogP contribution in [0.2, 0.25) is 0 Å². The van der Waals surface area contributed by atoms with E-state index in [9.17, 15) is 26.4 Å². The Hall–Kier alpha value is -1.64. The Kier molecular flexibility index (Phi) is 4.14. The van der Waals surface area contributed by atoms with Crippen LogP contribution in [0.5, 0.6) is 0 Å². The van der Waals surface area contributed by atoms with Crippen LogP contribution in [0.1, 0.15) is 19.4 Å². The molecule has 1 aromatic heterocycles. The number of pyridine rings is 1. The van der Waals surface area contributed by atoms with Crippen molar-refractivity contribution in [2.75, 3.05) is 7.11 Å². The number of hydrogen-bond donors (Lipinski definition) is 0. The van der Waals surface area contributed by atoms with Gasteiger partial charge in [-0.3, -0.25) is 4.79 Å². The monoisotopic (exact) mass is 311 g/mol. The summed E-state index contributed by atoms with van der Waals surface area (Å²) in [5.74, 6) is -1.03. The van der Waals surface area contributed by atoms with Gasteiger partial charge >= 0.3 is 12.1 Å². The number of carbonyl (C=O) groups is 1. The number of hydrogen-bond acceptors (Lipinski definition) is 5. The molecule has 0 bridgehead atoms. The van der Waals surface area contributed by atoms with E-state index in [1.807, 2.05) is 0 Å². The van der Waals surface area contributed by atoms with E-state index in [0.29, 0.717) is 18.3 Å². The van der Waals surface area contributed by atoms with E-state index in [2.05, 4.69) is 9.72 Å². The Balaban J connectivity index is 3.28. The zero-order valence-electron chi connectivity index (χ0n) is 10.9. The second-order valence-corrected chi connectivity index (χ2v) is 6.83. The van der Waals surface area contributed by atoms with E-state index in [1.54, 1.807) is 0 Å². The third-order valence-electron chi connectivity index (χ3n) is 2.69. The predicted molar refractivity (Wildman–Crippen MR) is 62.5 cm³/mol. The second-order valence-electron chi connectivity index (χ2n) is 4.39. The smallest absolute Gasteiger partial charge is 0.417 e. The molecule has 0 fully saturated rings. The number of nitrogens with zero attached hydrogens (tertiary/aromatic N) is 1.